The molecule has 0 spiro atoms. The Morgan fingerprint density at radius 2 is 1.57 bits per heavy atom. The number of hydrogen-bond acceptors (Lipinski definition) is 3. The minimum absolute atomic E-state index is 0.0799. The quantitative estimate of drug-likeness (QED) is 0.849. The van der Waals surface area contributed by atoms with Gasteiger partial charge in [0.25, 0.3) is 0 Å². The summed E-state index contributed by atoms with van der Waals surface area (Å²) < 4.78 is 41.3. The molecular weight excluding hydrogens is 301 g/mol. The summed E-state index contributed by atoms with van der Waals surface area (Å²) in [7, 11) is 0. The zero-order valence-corrected chi connectivity index (χ0v) is 11.9. The van der Waals surface area contributed by atoms with Gasteiger partial charge in [0.2, 0.25) is 0 Å². The minimum atomic E-state index is -4.80. The molecule has 1 unspecified atom stereocenters. The fourth-order valence-electron chi connectivity index (χ4n) is 1.98. The molecule has 0 fully saturated rings. The molecule has 21 heavy (non-hydrogen) atoms. The lowest BCUT2D eigenvalue weighted by Gasteiger charge is -2.19. The summed E-state index contributed by atoms with van der Waals surface area (Å²) >= 11 is 1.41. The van der Waals surface area contributed by atoms with Crippen molar-refractivity contribution in [1.82, 2.24) is 0 Å². The molecule has 1 atom stereocenters. The summed E-state index contributed by atoms with van der Waals surface area (Å²) in [5.41, 5.74) is 0.625. The molecule has 0 bridgehead atoms. The van der Waals surface area contributed by atoms with Crippen LogP contribution in [0.3, 0.4) is 0 Å². The van der Waals surface area contributed by atoms with E-state index in [-0.39, 0.29) is 5.56 Å². The number of aliphatic hydroxyl groups excluding tert-OH is 1. The average molecular weight is 314 g/mol. The van der Waals surface area contributed by atoms with Gasteiger partial charge in [-0.1, -0.05) is 36.4 Å². The molecule has 2 aromatic rings. The number of halogens is 3. The highest BCUT2D eigenvalue weighted by Crippen LogP contribution is 2.36. The first-order valence-electron chi connectivity index (χ1n) is 6.08. The number of ether oxygens (including phenoxy) is 1. The first-order chi connectivity index (χ1) is 9.92. The van der Waals surface area contributed by atoms with E-state index in [9.17, 15) is 18.3 Å². The van der Waals surface area contributed by atoms with Crippen molar-refractivity contribution >= 4 is 11.8 Å². The van der Waals surface area contributed by atoms with E-state index >= 15 is 0 Å². The highest BCUT2D eigenvalue weighted by atomic mass is 32.2. The topological polar surface area (TPSA) is 29.5 Å². The summed E-state index contributed by atoms with van der Waals surface area (Å²) in [6, 6.07) is 12.6. The maximum Gasteiger partial charge on any atom is 0.573 e. The zero-order valence-electron chi connectivity index (χ0n) is 11.1. The van der Waals surface area contributed by atoms with Crippen molar-refractivity contribution in [2.45, 2.75) is 17.4 Å². The monoisotopic (exact) mass is 314 g/mol. The van der Waals surface area contributed by atoms with Crippen LogP contribution in [0.5, 0.6) is 5.75 Å². The predicted molar refractivity (Wildman–Crippen MR) is 75.4 cm³/mol. The van der Waals surface area contributed by atoms with Crippen LogP contribution in [0.1, 0.15) is 17.2 Å². The van der Waals surface area contributed by atoms with Crippen LogP contribution in [0.4, 0.5) is 13.2 Å². The summed E-state index contributed by atoms with van der Waals surface area (Å²) in [5, 5.41) is 10.4. The second kappa shape index (κ2) is 6.41. The van der Waals surface area contributed by atoms with Crippen molar-refractivity contribution < 1.29 is 23.0 Å². The van der Waals surface area contributed by atoms with Gasteiger partial charge >= 0.3 is 6.36 Å². The number of alkyl halides is 3. The Morgan fingerprint density at radius 1 is 1.00 bits per heavy atom. The van der Waals surface area contributed by atoms with E-state index in [1.807, 2.05) is 6.26 Å². The summed E-state index contributed by atoms with van der Waals surface area (Å²) in [4.78, 5) is 0.798. The van der Waals surface area contributed by atoms with E-state index in [1.54, 1.807) is 30.3 Å². The molecule has 112 valence electrons. The van der Waals surface area contributed by atoms with Crippen LogP contribution in [0.2, 0.25) is 0 Å². The Morgan fingerprint density at radius 3 is 2.19 bits per heavy atom. The van der Waals surface area contributed by atoms with Crippen LogP contribution >= 0.6 is 11.8 Å². The number of para-hydroxylation sites is 1. The number of benzene rings is 2. The van der Waals surface area contributed by atoms with Crippen LogP contribution in [0.15, 0.2) is 53.4 Å². The molecule has 0 heterocycles. The SMILES string of the molecule is CSc1ccccc1C(O)c1ccccc1OC(F)(F)F. The van der Waals surface area contributed by atoms with Gasteiger partial charge in [0, 0.05) is 10.5 Å². The molecule has 2 nitrogen and oxygen atoms in total. The van der Waals surface area contributed by atoms with E-state index in [0.717, 1.165) is 4.90 Å². The molecule has 0 radical (unpaired) electrons. The number of thioether (sulfide) groups is 1. The van der Waals surface area contributed by atoms with Crippen molar-refractivity contribution in [3.63, 3.8) is 0 Å². The van der Waals surface area contributed by atoms with Crippen molar-refractivity contribution in [3.8, 4) is 5.75 Å². The van der Waals surface area contributed by atoms with Gasteiger partial charge in [-0.05, 0) is 24.0 Å². The van der Waals surface area contributed by atoms with Gasteiger partial charge in [0.1, 0.15) is 11.9 Å². The van der Waals surface area contributed by atoms with Crippen LogP contribution in [0, 0.1) is 0 Å². The van der Waals surface area contributed by atoms with Crippen LogP contribution < -0.4 is 4.74 Å². The van der Waals surface area contributed by atoms with E-state index in [4.69, 9.17) is 0 Å². The number of hydrogen-bond donors (Lipinski definition) is 1. The summed E-state index contributed by atoms with van der Waals surface area (Å²) in [6.45, 7) is 0. The summed E-state index contributed by atoms with van der Waals surface area (Å²) in [6.07, 6.45) is -4.15. The third-order valence-electron chi connectivity index (χ3n) is 2.87. The zero-order chi connectivity index (χ0) is 15.5. The second-order valence-corrected chi connectivity index (χ2v) is 5.08. The third kappa shape index (κ3) is 3.92. The highest BCUT2D eigenvalue weighted by Gasteiger charge is 2.33. The Bertz CT molecular complexity index is 614. The van der Waals surface area contributed by atoms with Gasteiger partial charge in [-0.25, -0.2) is 0 Å². The molecule has 0 aliphatic rings. The van der Waals surface area contributed by atoms with Crippen molar-refractivity contribution in [2.24, 2.45) is 0 Å². The van der Waals surface area contributed by atoms with Gasteiger partial charge < -0.3 is 9.84 Å². The Kier molecular flexibility index (Phi) is 4.80. The fraction of sp³-hybridized carbons (Fsp3) is 0.200. The summed E-state index contributed by atoms with van der Waals surface area (Å²) in [5.74, 6) is -0.395. The largest absolute Gasteiger partial charge is 0.573 e. The molecule has 6 heteroatoms. The highest BCUT2D eigenvalue weighted by molar-refractivity contribution is 7.98. The van der Waals surface area contributed by atoms with Gasteiger partial charge in [-0.15, -0.1) is 24.9 Å². The van der Waals surface area contributed by atoms with Gasteiger partial charge in [0.15, 0.2) is 0 Å². The average Bonchev–Trinajstić information content (AvgIpc) is 2.45. The van der Waals surface area contributed by atoms with Crippen LogP contribution in [-0.2, 0) is 0 Å². The molecule has 0 aliphatic heterocycles. The molecule has 0 saturated carbocycles. The molecule has 0 aromatic heterocycles. The maximum absolute atomic E-state index is 12.4. The molecule has 2 aromatic carbocycles. The lowest BCUT2D eigenvalue weighted by molar-refractivity contribution is -0.275. The van der Waals surface area contributed by atoms with Crippen LogP contribution in [0.25, 0.3) is 0 Å². The molecule has 1 N–H and O–H groups in total. The predicted octanol–water partition coefficient (Wildman–Crippen LogP) is 4.39. The number of rotatable bonds is 4. The van der Waals surface area contributed by atoms with Gasteiger partial charge in [0.05, 0.1) is 0 Å². The van der Waals surface area contributed by atoms with E-state index in [0.29, 0.717) is 5.56 Å². The Hall–Kier alpha value is -1.66. The molecule has 0 aliphatic carbocycles. The lowest BCUT2D eigenvalue weighted by Crippen LogP contribution is -2.19. The standard InChI is InChI=1S/C15H13F3O2S/c1-21-13-9-5-3-7-11(13)14(19)10-6-2-4-8-12(10)20-15(16,17)18/h2-9,14,19H,1H3. The Balaban J connectivity index is 2.42. The van der Waals surface area contributed by atoms with Gasteiger partial charge in [-0.2, -0.15) is 0 Å². The van der Waals surface area contributed by atoms with Crippen LogP contribution in [-0.4, -0.2) is 17.7 Å². The van der Waals surface area contributed by atoms with Crippen molar-refractivity contribution in [2.75, 3.05) is 6.26 Å². The normalized spacial score (nSPS) is 13.0. The lowest BCUT2D eigenvalue weighted by atomic mass is 10.0. The second-order valence-electron chi connectivity index (χ2n) is 4.23. The third-order valence-corrected chi connectivity index (χ3v) is 3.68. The fourth-order valence-corrected chi connectivity index (χ4v) is 2.61. The first-order valence-corrected chi connectivity index (χ1v) is 7.30. The maximum atomic E-state index is 12.4. The molecule has 2 rings (SSSR count). The Labute approximate surface area is 124 Å². The smallest absolute Gasteiger partial charge is 0.405 e. The van der Waals surface area contributed by atoms with Crippen molar-refractivity contribution in [3.05, 3.63) is 59.7 Å². The molecular formula is C15H13F3O2S. The van der Waals surface area contributed by atoms with Gasteiger partial charge in [-0.3, -0.25) is 0 Å². The number of aliphatic hydroxyl groups is 1. The van der Waals surface area contributed by atoms with E-state index < -0.39 is 18.2 Å². The first kappa shape index (κ1) is 15.7. The minimum Gasteiger partial charge on any atom is -0.405 e. The van der Waals surface area contributed by atoms with E-state index in [2.05, 4.69) is 4.74 Å². The van der Waals surface area contributed by atoms with E-state index in [1.165, 1.54) is 30.0 Å². The molecule has 0 amide bonds. The molecule has 0 saturated heterocycles. The van der Waals surface area contributed by atoms with Crippen molar-refractivity contribution in [1.29, 1.82) is 0 Å².